The van der Waals surface area contributed by atoms with Crippen molar-refractivity contribution in [2.45, 2.75) is 30.8 Å². The predicted molar refractivity (Wildman–Crippen MR) is 68.4 cm³/mol. The summed E-state index contributed by atoms with van der Waals surface area (Å²) >= 11 is 0. The normalized spacial score (nSPS) is 24.8. The topological polar surface area (TPSA) is 76.1 Å². The second kappa shape index (κ2) is 5.28. The second-order valence-corrected chi connectivity index (χ2v) is 7.32. The van der Waals surface area contributed by atoms with Crippen LogP contribution in [0.1, 0.15) is 29.5 Å². The van der Waals surface area contributed by atoms with Gasteiger partial charge in [0.25, 0.3) is 5.91 Å². The largest absolute Gasteiger partial charge is 0.433 e. The van der Waals surface area contributed by atoms with Gasteiger partial charge in [0.05, 0.1) is 11.0 Å². The fraction of sp³-hybridized carbons (Fsp3) is 0.500. The molecule has 116 valence electrons. The Hall–Kier alpha value is -1.64. The Morgan fingerprint density at radius 2 is 2.05 bits per heavy atom. The number of carbonyl (C=O) groups excluding carboxylic acids is 1. The Labute approximate surface area is 119 Å². The molecule has 0 saturated carbocycles. The first-order chi connectivity index (χ1) is 9.61. The van der Waals surface area contributed by atoms with E-state index in [1.165, 1.54) is 6.92 Å². The lowest BCUT2D eigenvalue weighted by atomic mass is 10.1. The van der Waals surface area contributed by atoms with Crippen LogP contribution in [0.25, 0.3) is 0 Å². The Morgan fingerprint density at radius 1 is 1.38 bits per heavy atom. The molecular formula is C12H13F3N2O3S. The number of alkyl halides is 3. The van der Waals surface area contributed by atoms with Gasteiger partial charge in [-0.05, 0) is 25.5 Å². The summed E-state index contributed by atoms with van der Waals surface area (Å²) in [6, 6.07) is 2.39. The highest BCUT2D eigenvalue weighted by Crippen LogP contribution is 2.27. The minimum Gasteiger partial charge on any atom is -0.347 e. The van der Waals surface area contributed by atoms with Crippen molar-refractivity contribution in [1.82, 2.24) is 10.3 Å². The van der Waals surface area contributed by atoms with Crippen molar-refractivity contribution in [2.24, 2.45) is 0 Å². The number of sulfone groups is 1. The quantitative estimate of drug-likeness (QED) is 0.893. The maximum absolute atomic E-state index is 12.5. The molecule has 1 amide bonds. The molecule has 1 aliphatic heterocycles. The summed E-state index contributed by atoms with van der Waals surface area (Å²) in [6.07, 6.45) is -4.39. The molecule has 1 N–H and O–H groups in total. The van der Waals surface area contributed by atoms with Gasteiger partial charge in [-0.15, -0.1) is 0 Å². The molecule has 0 aliphatic carbocycles. The van der Waals surface area contributed by atoms with Crippen molar-refractivity contribution in [1.29, 1.82) is 0 Å². The number of rotatable bonds is 2. The van der Waals surface area contributed by atoms with Crippen molar-refractivity contribution >= 4 is 15.7 Å². The standard InChI is InChI=1S/C12H13F3N2O3S/c1-7-8(5-6-21(7,19)20)17-11(18)9-3-2-4-10(16-9)12(13,14)15/h2-4,7-8H,5-6H2,1H3,(H,17,18)/t7-,8-/m0/s1. The molecule has 9 heteroatoms. The number of pyridine rings is 1. The molecular weight excluding hydrogens is 309 g/mol. The number of hydrogen-bond donors (Lipinski definition) is 1. The third-order valence-electron chi connectivity index (χ3n) is 3.44. The van der Waals surface area contributed by atoms with Crippen LogP contribution < -0.4 is 5.32 Å². The third kappa shape index (κ3) is 3.34. The molecule has 1 aromatic rings. The van der Waals surface area contributed by atoms with E-state index in [-0.39, 0.29) is 17.9 Å². The van der Waals surface area contributed by atoms with Crippen LogP contribution in [0.4, 0.5) is 13.2 Å². The van der Waals surface area contributed by atoms with Crippen LogP contribution in [0, 0.1) is 0 Å². The number of hydrogen-bond acceptors (Lipinski definition) is 4. The first kappa shape index (κ1) is 15.7. The van der Waals surface area contributed by atoms with E-state index in [9.17, 15) is 26.4 Å². The van der Waals surface area contributed by atoms with Crippen LogP contribution >= 0.6 is 0 Å². The van der Waals surface area contributed by atoms with Crippen molar-refractivity contribution in [3.63, 3.8) is 0 Å². The molecule has 0 radical (unpaired) electrons. The highest BCUT2D eigenvalue weighted by molar-refractivity contribution is 7.92. The van der Waals surface area contributed by atoms with Gasteiger partial charge in [-0.25, -0.2) is 13.4 Å². The summed E-state index contributed by atoms with van der Waals surface area (Å²) in [5, 5.41) is 1.67. The first-order valence-electron chi connectivity index (χ1n) is 6.18. The van der Waals surface area contributed by atoms with E-state index >= 15 is 0 Å². The van der Waals surface area contributed by atoms with E-state index in [0.29, 0.717) is 0 Å². The van der Waals surface area contributed by atoms with E-state index in [0.717, 1.165) is 18.2 Å². The molecule has 21 heavy (non-hydrogen) atoms. The number of nitrogens with one attached hydrogen (secondary N) is 1. The molecule has 2 heterocycles. The van der Waals surface area contributed by atoms with Crippen LogP contribution in [-0.2, 0) is 16.0 Å². The van der Waals surface area contributed by atoms with Gasteiger partial charge in [-0.2, -0.15) is 13.2 Å². The molecule has 1 aromatic heterocycles. The van der Waals surface area contributed by atoms with Gasteiger partial charge in [0.1, 0.15) is 11.4 Å². The minimum atomic E-state index is -4.64. The van der Waals surface area contributed by atoms with Gasteiger partial charge in [-0.3, -0.25) is 4.79 Å². The Kier molecular flexibility index (Phi) is 3.96. The maximum atomic E-state index is 12.5. The van der Waals surface area contributed by atoms with Crippen LogP contribution in [0.5, 0.6) is 0 Å². The Balaban J connectivity index is 2.15. The molecule has 2 rings (SSSR count). The van der Waals surface area contributed by atoms with E-state index in [2.05, 4.69) is 10.3 Å². The average molecular weight is 322 g/mol. The van der Waals surface area contributed by atoms with Crippen molar-refractivity contribution < 1.29 is 26.4 Å². The van der Waals surface area contributed by atoms with Gasteiger partial charge in [0.2, 0.25) is 0 Å². The summed E-state index contributed by atoms with van der Waals surface area (Å²) < 4.78 is 60.7. The Bertz CT molecular complexity index is 658. The van der Waals surface area contributed by atoms with Gasteiger partial charge in [0.15, 0.2) is 9.84 Å². The Morgan fingerprint density at radius 3 is 2.57 bits per heavy atom. The van der Waals surface area contributed by atoms with E-state index in [4.69, 9.17) is 0 Å². The fourth-order valence-corrected chi connectivity index (χ4v) is 3.77. The second-order valence-electron chi connectivity index (χ2n) is 4.85. The van der Waals surface area contributed by atoms with Crippen LogP contribution in [0.2, 0.25) is 0 Å². The van der Waals surface area contributed by atoms with Crippen LogP contribution in [-0.4, -0.2) is 36.4 Å². The predicted octanol–water partition coefficient (Wildman–Crippen LogP) is 1.41. The minimum absolute atomic E-state index is 0.0465. The van der Waals surface area contributed by atoms with Gasteiger partial charge in [0, 0.05) is 6.04 Å². The maximum Gasteiger partial charge on any atom is 0.433 e. The van der Waals surface area contributed by atoms with E-state index in [1.54, 1.807) is 0 Å². The lowest BCUT2D eigenvalue weighted by Crippen LogP contribution is -2.40. The van der Waals surface area contributed by atoms with Gasteiger partial charge >= 0.3 is 6.18 Å². The summed E-state index contributed by atoms with van der Waals surface area (Å²) in [7, 11) is -3.25. The number of aromatic nitrogens is 1. The van der Waals surface area contributed by atoms with Crippen molar-refractivity contribution in [2.75, 3.05) is 5.75 Å². The number of halogens is 3. The van der Waals surface area contributed by atoms with E-state index < -0.39 is 38.9 Å². The van der Waals surface area contributed by atoms with Crippen molar-refractivity contribution in [3.8, 4) is 0 Å². The molecule has 5 nitrogen and oxygen atoms in total. The number of carbonyl (C=O) groups is 1. The summed E-state index contributed by atoms with van der Waals surface area (Å²) in [5.41, 5.74) is -1.55. The zero-order valence-electron chi connectivity index (χ0n) is 11.0. The zero-order valence-corrected chi connectivity index (χ0v) is 11.8. The van der Waals surface area contributed by atoms with Crippen LogP contribution in [0.3, 0.4) is 0 Å². The van der Waals surface area contributed by atoms with Gasteiger partial charge < -0.3 is 5.32 Å². The van der Waals surface area contributed by atoms with Gasteiger partial charge in [-0.1, -0.05) is 6.07 Å². The molecule has 2 atom stereocenters. The molecule has 0 spiro atoms. The average Bonchev–Trinajstić information content (AvgIpc) is 2.65. The smallest absolute Gasteiger partial charge is 0.347 e. The molecule has 0 aromatic carbocycles. The lowest BCUT2D eigenvalue weighted by Gasteiger charge is -2.16. The summed E-state index contributed by atoms with van der Waals surface area (Å²) in [6.45, 7) is 1.47. The van der Waals surface area contributed by atoms with Crippen LogP contribution in [0.15, 0.2) is 18.2 Å². The molecule has 1 saturated heterocycles. The highest BCUT2D eigenvalue weighted by Gasteiger charge is 2.38. The summed E-state index contributed by atoms with van der Waals surface area (Å²) in [4.78, 5) is 15.2. The highest BCUT2D eigenvalue weighted by atomic mass is 32.2. The summed E-state index contributed by atoms with van der Waals surface area (Å²) in [5.74, 6) is -0.857. The first-order valence-corrected chi connectivity index (χ1v) is 7.89. The van der Waals surface area contributed by atoms with Crippen molar-refractivity contribution in [3.05, 3.63) is 29.6 Å². The third-order valence-corrected chi connectivity index (χ3v) is 5.70. The molecule has 0 unspecified atom stereocenters. The molecule has 0 bridgehead atoms. The number of amides is 1. The number of nitrogens with zero attached hydrogens (tertiary/aromatic N) is 1. The zero-order chi connectivity index (χ0) is 15.8. The fourth-order valence-electron chi connectivity index (χ4n) is 2.11. The van der Waals surface area contributed by atoms with E-state index in [1.807, 2.05) is 0 Å². The monoisotopic (exact) mass is 322 g/mol. The molecule has 1 fully saturated rings. The lowest BCUT2D eigenvalue weighted by molar-refractivity contribution is -0.141. The molecule has 1 aliphatic rings. The SMILES string of the molecule is C[C@H]1[C@@H](NC(=O)c2cccc(C(F)(F)F)n2)CCS1(=O)=O.